The van der Waals surface area contributed by atoms with Gasteiger partial charge in [-0.25, -0.2) is 12.8 Å². The SMILES string of the molecule is CC[C@@H](C(=O)NC(C)(C)C)N(Cc1ccccc1C)C(=O)CN(c1ccc(F)cc1)S(=O)(=O)c1ccc2c(c1)OCCO2. The van der Waals surface area contributed by atoms with Crippen LogP contribution in [0.5, 0.6) is 11.5 Å². The van der Waals surface area contributed by atoms with Crippen LogP contribution in [-0.2, 0) is 26.2 Å². The minimum atomic E-state index is -4.36. The maximum absolute atomic E-state index is 14.2. The van der Waals surface area contributed by atoms with Crippen LogP contribution in [0.4, 0.5) is 10.1 Å². The van der Waals surface area contributed by atoms with Gasteiger partial charge in [-0.15, -0.1) is 0 Å². The lowest BCUT2D eigenvalue weighted by Gasteiger charge is -2.35. The van der Waals surface area contributed by atoms with Crippen molar-refractivity contribution in [3.63, 3.8) is 0 Å². The Balaban J connectivity index is 1.76. The van der Waals surface area contributed by atoms with Crippen molar-refractivity contribution in [2.45, 2.75) is 64.1 Å². The molecule has 0 saturated heterocycles. The predicted molar refractivity (Wildman–Crippen MR) is 162 cm³/mol. The number of rotatable bonds is 10. The standard InChI is InChI=1S/C32H38FN3O6S/c1-6-27(31(38)34-32(3,4)5)35(20-23-10-8-7-9-22(23)2)30(37)21-36(25-13-11-24(33)12-14-25)43(39,40)26-15-16-28-29(19-26)42-18-17-41-28/h7-16,19,27H,6,17-18,20-21H2,1-5H3,(H,34,38)/t27-/m0/s1. The Morgan fingerprint density at radius 3 is 2.26 bits per heavy atom. The van der Waals surface area contributed by atoms with Crippen LogP contribution < -0.4 is 19.1 Å². The van der Waals surface area contributed by atoms with E-state index in [1.165, 1.54) is 35.2 Å². The van der Waals surface area contributed by atoms with E-state index in [1.54, 1.807) is 6.92 Å². The highest BCUT2D eigenvalue weighted by molar-refractivity contribution is 7.92. The van der Waals surface area contributed by atoms with Gasteiger partial charge in [0.1, 0.15) is 31.6 Å². The normalized spacial score (nSPS) is 13.6. The summed E-state index contributed by atoms with van der Waals surface area (Å²) in [5.41, 5.74) is 1.28. The highest BCUT2D eigenvalue weighted by Crippen LogP contribution is 2.34. The van der Waals surface area contributed by atoms with Gasteiger partial charge in [-0.1, -0.05) is 31.2 Å². The largest absolute Gasteiger partial charge is 0.486 e. The van der Waals surface area contributed by atoms with E-state index in [-0.39, 0.29) is 35.4 Å². The van der Waals surface area contributed by atoms with Crippen LogP contribution in [0.15, 0.2) is 71.6 Å². The number of benzene rings is 3. The summed E-state index contributed by atoms with van der Waals surface area (Å²) in [6.07, 6.45) is 0.297. The summed E-state index contributed by atoms with van der Waals surface area (Å²) >= 11 is 0. The third-order valence-corrected chi connectivity index (χ3v) is 8.75. The molecule has 0 bridgehead atoms. The van der Waals surface area contributed by atoms with Crippen molar-refractivity contribution < 1.29 is 31.9 Å². The van der Waals surface area contributed by atoms with Crippen molar-refractivity contribution in [2.75, 3.05) is 24.1 Å². The van der Waals surface area contributed by atoms with Gasteiger partial charge < -0.3 is 19.7 Å². The number of aryl methyl sites for hydroxylation is 1. The number of ether oxygens (including phenoxy) is 2. The molecule has 2 amide bonds. The van der Waals surface area contributed by atoms with Gasteiger partial charge in [-0.2, -0.15) is 0 Å². The number of fused-ring (bicyclic) bond motifs is 1. The Morgan fingerprint density at radius 1 is 0.977 bits per heavy atom. The summed E-state index contributed by atoms with van der Waals surface area (Å²) in [4.78, 5) is 29.0. The maximum Gasteiger partial charge on any atom is 0.264 e. The first-order chi connectivity index (χ1) is 20.3. The number of nitrogens with zero attached hydrogens (tertiary/aromatic N) is 2. The van der Waals surface area contributed by atoms with Gasteiger partial charge in [0.25, 0.3) is 10.0 Å². The molecule has 11 heteroatoms. The molecule has 3 aromatic carbocycles. The van der Waals surface area contributed by atoms with E-state index in [0.717, 1.165) is 27.6 Å². The highest BCUT2D eigenvalue weighted by Gasteiger charge is 2.35. The van der Waals surface area contributed by atoms with Gasteiger partial charge in [0, 0.05) is 18.2 Å². The molecule has 1 N–H and O–H groups in total. The minimum absolute atomic E-state index is 0.0862. The summed E-state index contributed by atoms with van der Waals surface area (Å²) in [5.74, 6) is -0.819. The molecule has 43 heavy (non-hydrogen) atoms. The van der Waals surface area contributed by atoms with Crippen molar-refractivity contribution >= 4 is 27.5 Å². The first kappa shape index (κ1) is 31.8. The molecular weight excluding hydrogens is 573 g/mol. The van der Waals surface area contributed by atoms with E-state index in [4.69, 9.17) is 9.47 Å². The highest BCUT2D eigenvalue weighted by atomic mass is 32.2. The van der Waals surface area contributed by atoms with Gasteiger partial charge in [-0.05, 0) is 81.6 Å². The Labute approximate surface area is 252 Å². The summed E-state index contributed by atoms with van der Waals surface area (Å²) in [6, 6.07) is 15.7. The van der Waals surface area contributed by atoms with Crippen LogP contribution in [-0.4, -0.2) is 56.5 Å². The Bertz CT molecular complexity index is 1570. The van der Waals surface area contributed by atoms with E-state index in [2.05, 4.69) is 5.32 Å². The lowest BCUT2D eigenvalue weighted by molar-refractivity contribution is -0.141. The molecule has 0 radical (unpaired) electrons. The van der Waals surface area contributed by atoms with Crippen LogP contribution in [0.3, 0.4) is 0 Å². The van der Waals surface area contributed by atoms with E-state index < -0.39 is 39.9 Å². The zero-order valence-corrected chi connectivity index (χ0v) is 25.9. The number of hydrogen-bond acceptors (Lipinski definition) is 6. The summed E-state index contributed by atoms with van der Waals surface area (Å²) in [5, 5.41) is 2.95. The molecule has 1 atom stereocenters. The second-order valence-corrected chi connectivity index (χ2v) is 13.3. The lowest BCUT2D eigenvalue weighted by Crippen LogP contribution is -2.55. The zero-order valence-electron chi connectivity index (χ0n) is 25.1. The molecule has 1 aliphatic rings. The molecule has 0 aliphatic carbocycles. The predicted octanol–water partition coefficient (Wildman–Crippen LogP) is 4.82. The molecule has 1 heterocycles. The number of carbonyl (C=O) groups is 2. The van der Waals surface area contributed by atoms with Gasteiger partial charge >= 0.3 is 0 Å². The molecule has 230 valence electrons. The fraction of sp³-hybridized carbons (Fsp3) is 0.375. The van der Waals surface area contributed by atoms with E-state index in [0.29, 0.717) is 18.8 Å². The molecule has 9 nitrogen and oxygen atoms in total. The molecule has 0 unspecified atom stereocenters. The number of carbonyl (C=O) groups excluding carboxylic acids is 2. The average molecular weight is 612 g/mol. The number of sulfonamides is 1. The quantitative estimate of drug-likeness (QED) is 0.353. The fourth-order valence-electron chi connectivity index (χ4n) is 4.79. The van der Waals surface area contributed by atoms with Gasteiger partial charge in [0.15, 0.2) is 11.5 Å². The van der Waals surface area contributed by atoms with Crippen molar-refractivity contribution in [3.8, 4) is 11.5 Å². The Hall–Kier alpha value is -4.12. The third kappa shape index (κ3) is 7.64. The van der Waals surface area contributed by atoms with Crippen LogP contribution >= 0.6 is 0 Å². The van der Waals surface area contributed by atoms with E-state index >= 15 is 0 Å². The number of halogens is 1. The number of nitrogens with one attached hydrogen (secondary N) is 1. The Morgan fingerprint density at radius 2 is 1.63 bits per heavy atom. The molecule has 0 saturated carbocycles. The van der Waals surface area contributed by atoms with Crippen LogP contribution in [0.1, 0.15) is 45.2 Å². The topological polar surface area (TPSA) is 105 Å². The zero-order chi connectivity index (χ0) is 31.4. The molecule has 0 fully saturated rings. The summed E-state index contributed by atoms with van der Waals surface area (Å²) in [7, 11) is -4.36. The van der Waals surface area contributed by atoms with E-state index in [1.807, 2.05) is 52.0 Å². The molecular formula is C32H38FN3O6S. The number of hydrogen-bond donors (Lipinski definition) is 1. The smallest absolute Gasteiger partial charge is 0.264 e. The van der Waals surface area contributed by atoms with Crippen molar-refractivity contribution in [1.82, 2.24) is 10.2 Å². The van der Waals surface area contributed by atoms with E-state index in [9.17, 15) is 22.4 Å². The second-order valence-electron chi connectivity index (χ2n) is 11.4. The first-order valence-electron chi connectivity index (χ1n) is 14.1. The molecule has 1 aliphatic heterocycles. The third-order valence-electron chi connectivity index (χ3n) is 6.98. The summed E-state index contributed by atoms with van der Waals surface area (Å²) in [6.45, 7) is 9.31. The second kappa shape index (κ2) is 13.0. The van der Waals surface area contributed by atoms with Crippen molar-refractivity contribution in [1.29, 1.82) is 0 Å². The molecule has 4 rings (SSSR count). The molecule has 3 aromatic rings. The molecule has 0 aromatic heterocycles. The van der Waals surface area contributed by atoms with Crippen molar-refractivity contribution in [3.05, 3.63) is 83.7 Å². The maximum atomic E-state index is 14.2. The van der Waals surface area contributed by atoms with Gasteiger partial charge in [0.2, 0.25) is 11.8 Å². The Kier molecular flexibility index (Phi) is 9.64. The van der Waals surface area contributed by atoms with Gasteiger partial charge in [0.05, 0.1) is 10.6 Å². The van der Waals surface area contributed by atoms with Crippen LogP contribution in [0, 0.1) is 12.7 Å². The van der Waals surface area contributed by atoms with Crippen molar-refractivity contribution in [2.24, 2.45) is 0 Å². The first-order valence-corrected chi connectivity index (χ1v) is 15.6. The minimum Gasteiger partial charge on any atom is -0.486 e. The average Bonchev–Trinajstić information content (AvgIpc) is 2.96. The van der Waals surface area contributed by atoms with Crippen LogP contribution in [0.2, 0.25) is 0 Å². The lowest BCUT2D eigenvalue weighted by atomic mass is 10.0. The van der Waals surface area contributed by atoms with Gasteiger partial charge in [-0.3, -0.25) is 13.9 Å². The number of anilines is 1. The summed E-state index contributed by atoms with van der Waals surface area (Å²) < 4.78 is 54.2. The monoisotopic (exact) mass is 611 g/mol. The van der Waals surface area contributed by atoms with Crippen LogP contribution in [0.25, 0.3) is 0 Å². The molecule has 0 spiro atoms. The fourth-order valence-corrected chi connectivity index (χ4v) is 6.22. The number of amides is 2.